The van der Waals surface area contributed by atoms with Crippen LogP contribution in [-0.2, 0) is 0 Å². The summed E-state index contributed by atoms with van der Waals surface area (Å²) in [7, 11) is 0. The van der Waals surface area contributed by atoms with Crippen molar-refractivity contribution in [1.82, 2.24) is 0 Å². The normalized spacial score (nSPS) is 10.2. The second kappa shape index (κ2) is 5.47. The van der Waals surface area contributed by atoms with E-state index in [4.69, 9.17) is 0 Å². The van der Waals surface area contributed by atoms with Crippen LogP contribution in [0.1, 0.15) is 10.4 Å². The zero-order valence-corrected chi connectivity index (χ0v) is 11.1. The molecule has 2 rings (SSSR count). The monoisotopic (exact) mass is 310 g/mol. The molecule has 4 heteroatoms. The molecule has 0 amide bonds. The Morgan fingerprint density at radius 3 is 2.59 bits per heavy atom. The Morgan fingerprint density at radius 2 is 1.88 bits per heavy atom. The highest BCUT2D eigenvalue weighted by molar-refractivity contribution is 9.10. The van der Waals surface area contributed by atoms with Crippen LogP contribution in [0.3, 0.4) is 0 Å². The van der Waals surface area contributed by atoms with E-state index < -0.39 is 0 Å². The third kappa shape index (κ3) is 2.96. The van der Waals surface area contributed by atoms with Gasteiger partial charge in [-0.05, 0) is 30.3 Å². The van der Waals surface area contributed by atoms with Gasteiger partial charge in [0.1, 0.15) is 5.82 Å². The summed E-state index contributed by atoms with van der Waals surface area (Å²) in [4.78, 5) is 12.2. The lowest BCUT2D eigenvalue weighted by atomic mass is 10.2. The van der Waals surface area contributed by atoms with Crippen molar-refractivity contribution in [3.05, 3.63) is 58.3 Å². The molecule has 0 saturated heterocycles. The van der Waals surface area contributed by atoms with E-state index in [-0.39, 0.29) is 5.82 Å². The summed E-state index contributed by atoms with van der Waals surface area (Å²) in [6.07, 6.45) is 0.772. The molecule has 0 bridgehead atoms. The molecule has 0 radical (unpaired) electrons. The van der Waals surface area contributed by atoms with Crippen LogP contribution in [0.4, 0.5) is 4.39 Å². The molecular formula is C13H8BrFOS. The summed E-state index contributed by atoms with van der Waals surface area (Å²) in [6.45, 7) is 0. The first kappa shape index (κ1) is 12.3. The lowest BCUT2D eigenvalue weighted by Gasteiger charge is -2.05. The molecule has 0 aliphatic rings. The Hall–Kier alpha value is -1.13. The van der Waals surface area contributed by atoms with E-state index in [0.29, 0.717) is 10.5 Å². The Kier molecular flexibility index (Phi) is 3.97. The second-order valence-corrected chi connectivity index (χ2v) is 5.33. The number of carbonyl (C=O) groups excluding carboxylic acids is 1. The van der Waals surface area contributed by atoms with Gasteiger partial charge in [0.2, 0.25) is 0 Å². The topological polar surface area (TPSA) is 17.1 Å². The zero-order valence-electron chi connectivity index (χ0n) is 8.69. The third-order valence-electron chi connectivity index (χ3n) is 2.16. The number of carbonyl (C=O) groups is 1. The lowest BCUT2D eigenvalue weighted by molar-refractivity contribution is 0.112. The van der Waals surface area contributed by atoms with Crippen LogP contribution in [0.5, 0.6) is 0 Å². The van der Waals surface area contributed by atoms with Crippen LogP contribution in [-0.4, -0.2) is 6.29 Å². The first-order chi connectivity index (χ1) is 8.20. The average Bonchev–Trinajstić information content (AvgIpc) is 2.34. The van der Waals surface area contributed by atoms with Crippen molar-refractivity contribution in [2.75, 3.05) is 0 Å². The standard InChI is InChI=1S/C13H8BrFOS/c14-10-5-6-12(9(7-10)8-16)17-13-4-2-1-3-11(13)15/h1-8H. The van der Waals surface area contributed by atoms with Crippen LogP contribution in [0.25, 0.3) is 0 Å². The van der Waals surface area contributed by atoms with Gasteiger partial charge in [0, 0.05) is 19.8 Å². The van der Waals surface area contributed by atoms with Crippen molar-refractivity contribution in [1.29, 1.82) is 0 Å². The number of rotatable bonds is 3. The molecule has 0 unspecified atom stereocenters. The maximum absolute atomic E-state index is 13.5. The molecule has 0 aromatic heterocycles. The summed E-state index contributed by atoms with van der Waals surface area (Å²) >= 11 is 4.54. The van der Waals surface area contributed by atoms with E-state index in [2.05, 4.69) is 15.9 Å². The van der Waals surface area contributed by atoms with Gasteiger partial charge in [-0.1, -0.05) is 39.8 Å². The molecular weight excluding hydrogens is 303 g/mol. The maximum atomic E-state index is 13.5. The molecule has 0 aliphatic heterocycles. The van der Waals surface area contributed by atoms with Crippen LogP contribution in [0.2, 0.25) is 0 Å². The van der Waals surface area contributed by atoms with E-state index in [1.807, 2.05) is 6.07 Å². The van der Waals surface area contributed by atoms with Crippen LogP contribution in [0.15, 0.2) is 56.7 Å². The van der Waals surface area contributed by atoms with E-state index >= 15 is 0 Å². The number of aldehydes is 1. The predicted octanol–water partition coefficient (Wildman–Crippen LogP) is 4.55. The molecule has 0 heterocycles. The van der Waals surface area contributed by atoms with Gasteiger partial charge >= 0.3 is 0 Å². The van der Waals surface area contributed by atoms with Gasteiger partial charge in [0.25, 0.3) is 0 Å². The minimum absolute atomic E-state index is 0.280. The van der Waals surface area contributed by atoms with Crippen LogP contribution in [0, 0.1) is 5.82 Å². The summed E-state index contributed by atoms with van der Waals surface area (Å²) in [5.41, 5.74) is 0.549. The first-order valence-electron chi connectivity index (χ1n) is 4.88. The number of halogens is 2. The van der Waals surface area contributed by atoms with Crippen molar-refractivity contribution in [3.63, 3.8) is 0 Å². The van der Waals surface area contributed by atoms with Crippen molar-refractivity contribution in [2.45, 2.75) is 9.79 Å². The van der Waals surface area contributed by atoms with Crippen LogP contribution >= 0.6 is 27.7 Å². The van der Waals surface area contributed by atoms with Gasteiger partial charge in [-0.2, -0.15) is 0 Å². The summed E-state index contributed by atoms with van der Waals surface area (Å²) in [5.74, 6) is -0.280. The smallest absolute Gasteiger partial charge is 0.151 e. The second-order valence-electron chi connectivity index (χ2n) is 3.33. The largest absolute Gasteiger partial charge is 0.298 e. The molecule has 0 spiro atoms. The molecule has 2 aromatic rings. The van der Waals surface area contributed by atoms with E-state index in [9.17, 15) is 9.18 Å². The Bertz CT molecular complexity index is 557. The van der Waals surface area contributed by atoms with Crippen molar-refractivity contribution in [2.24, 2.45) is 0 Å². The molecule has 0 fully saturated rings. The lowest BCUT2D eigenvalue weighted by Crippen LogP contribution is -1.86. The summed E-state index contributed by atoms with van der Waals surface area (Å²) in [6, 6.07) is 11.8. The van der Waals surface area contributed by atoms with Gasteiger partial charge in [0.15, 0.2) is 6.29 Å². The van der Waals surface area contributed by atoms with Crippen molar-refractivity contribution in [3.8, 4) is 0 Å². The highest BCUT2D eigenvalue weighted by Gasteiger charge is 2.07. The fraction of sp³-hybridized carbons (Fsp3) is 0. The fourth-order valence-corrected chi connectivity index (χ4v) is 2.64. The van der Waals surface area contributed by atoms with Gasteiger partial charge < -0.3 is 0 Å². The Labute approximate surface area is 111 Å². The number of benzene rings is 2. The Morgan fingerprint density at radius 1 is 1.12 bits per heavy atom. The highest BCUT2D eigenvalue weighted by atomic mass is 79.9. The van der Waals surface area contributed by atoms with Gasteiger partial charge in [-0.3, -0.25) is 4.79 Å². The van der Waals surface area contributed by atoms with Gasteiger partial charge in [-0.15, -0.1) is 0 Å². The quantitative estimate of drug-likeness (QED) is 0.773. The van der Waals surface area contributed by atoms with Gasteiger partial charge in [0.05, 0.1) is 0 Å². The molecule has 1 nitrogen and oxygen atoms in total. The maximum Gasteiger partial charge on any atom is 0.151 e. The van der Waals surface area contributed by atoms with E-state index in [1.165, 1.54) is 17.8 Å². The zero-order chi connectivity index (χ0) is 12.3. The third-order valence-corrected chi connectivity index (χ3v) is 3.79. The fourth-order valence-electron chi connectivity index (χ4n) is 1.35. The molecule has 17 heavy (non-hydrogen) atoms. The first-order valence-corrected chi connectivity index (χ1v) is 6.49. The minimum Gasteiger partial charge on any atom is -0.298 e. The molecule has 86 valence electrons. The van der Waals surface area contributed by atoms with Gasteiger partial charge in [-0.25, -0.2) is 4.39 Å². The molecule has 0 saturated carbocycles. The van der Waals surface area contributed by atoms with Crippen LogP contribution < -0.4 is 0 Å². The molecule has 2 aromatic carbocycles. The minimum atomic E-state index is -0.280. The molecule has 0 N–H and O–H groups in total. The molecule has 0 atom stereocenters. The van der Waals surface area contributed by atoms with Crippen molar-refractivity contribution >= 4 is 34.0 Å². The number of hydrogen-bond acceptors (Lipinski definition) is 2. The predicted molar refractivity (Wildman–Crippen MR) is 70.1 cm³/mol. The number of hydrogen-bond donors (Lipinski definition) is 0. The summed E-state index contributed by atoms with van der Waals surface area (Å²) in [5, 5.41) is 0. The molecule has 0 aliphatic carbocycles. The highest BCUT2D eigenvalue weighted by Crippen LogP contribution is 2.32. The van der Waals surface area contributed by atoms with Crippen molar-refractivity contribution < 1.29 is 9.18 Å². The summed E-state index contributed by atoms with van der Waals surface area (Å²) < 4.78 is 14.3. The SMILES string of the molecule is O=Cc1cc(Br)ccc1Sc1ccccc1F. The van der Waals surface area contributed by atoms with E-state index in [1.54, 1.807) is 30.3 Å². The average molecular weight is 311 g/mol. The Balaban J connectivity index is 2.36. The van der Waals surface area contributed by atoms with E-state index in [0.717, 1.165) is 15.7 Å².